The van der Waals surface area contributed by atoms with E-state index in [4.69, 9.17) is 4.84 Å². The number of rotatable bonds is 4. The second-order valence-electron chi connectivity index (χ2n) is 3.93. The lowest BCUT2D eigenvalue weighted by atomic mass is 10.00. The Bertz CT molecular complexity index is 335. The Morgan fingerprint density at radius 1 is 1.40 bits per heavy atom. The third-order valence-corrected chi connectivity index (χ3v) is 2.28. The summed E-state index contributed by atoms with van der Waals surface area (Å²) < 4.78 is 0. The van der Waals surface area contributed by atoms with Crippen LogP contribution < -0.4 is 10.3 Å². The molecule has 0 aliphatic carbocycles. The Hall–Kier alpha value is -1.22. The van der Waals surface area contributed by atoms with Gasteiger partial charge in [0.2, 0.25) is 0 Å². The molecule has 0 bridgehead atoms. The lowest BCUT2D eigenvalue weighted by Gasteiger charge is -2.15. The number of nitrogens with one attached hydrogen (secondary N) is 1. The van der Waals surface area contributed by atoms with Gasteiger partial charge in [-0.3, -0.25) is 0 Å². The monoisotopic (exact) mass is 209 g/mol. The predicted octanol–water partition coefficient (Wildman–Crippen LogP) is 2.73. The lowest BCUT2D eigenvalue weighted by molar-refractivity contribution is 0.199. The highest BCUT2D eigenvalue weighted by Gasteiger charge is 2.11. The third-order valence-electron chi connectivity index (χ3n) is 2.28. The Labute approximate surface area is 91.0 Å². The SMILES string of the molecule is CCNOc1cc(C)c(O)cc1C(C)C. The fourth-order valence-electron chi connectivity index (χ4n) is 1.38. The average Bonchev–Trinajstić information content (AvgIpc) is 2.19. The van der Waals surface area contributed by atoms with Crippen molar-refractivity contribution in [2.45, 2.75) is 33.6 Å². The molecule has 0 aromatic heterocycles. The molecule has 1 aromatic rings. The van der Waals surface area contributed by atoms with E-state index in [9.17, 15) is 5.11 Å². The number of phenolic OH excluding ortho intramolecular Hbond substituents is 1. The van der Waals surface area contributed by atoms with Crippen LogP contribution in [0.15, 0.2) is 12.1 Å². The van der Waals surface area contributed by atoms with Crippen LogP contribution in [0.4, 0.5) is 0 Å². The molecule has 0 aliphatic heterocycles. The van der Waals surface area contributed by atoms with Gasteiger partial charge in [-0.2, -0.15) is 5.48 Å². The zero-order valence-electron chi connectivity index (χ0n) is 9.79. The minimum Gasteiger partial charge on any atom is -0.508 e. The minimum atomic E-state index is 0.322. The first-order chi connectivity index (χ1) is 7.06. The van der Waals surface area contributed by atoms with Gasteiger partial charge in [0.15, 0.2) is 5.75 Å². The van der Waals surface area contributed by atoms with Crippen molar-refractivity contribution in [1.29, 1.82) is 0 Å². The van der Waals surface area contributed by atoms with Crippen molar-refractivity contribution < 1.29 is 9.94 Å². The number of hydrogen-bond donors (Lipinski definition) is 2. The molecule has 1 rings (SSSR count). The highest BCUT2D eigenvalue weighted by atomic mass is 16.6. The molecular weight excluding hydrogens is 190 g/mol. The van der Waals surface area contributed by atoms with Crippen molar-refractivity contribution in [3.63, 3.8) is 0 Å². The molecular formula is C12H19NO2. The van der Waals surface area contributed by atoms with E-state index in [1.54, 1.807) is 6.07 Å². The van der Waals surface area contributed by atoms with E-state index in [0.717, 1.165) is 23.4 Å². The van der Waals surface area contributed by atoms with Crippen molar-refractivity contribution in [2.75, 3.05) is 6.54 Å². The molecule has 84 valence electrons. The number of hydroxylamine groups is 1. The maximum absolute atomic E-state index is 9.62. The number of hydrogen-bond acceptors (Lipinski definition) is 3. The standard InChI is InChI=1S/C12H19NO2/c1-5-13-15-12-6-9(4)11(14)7-10(12)8(2)3/h6-8,13-14H,5H2,1-4H3. The number of aromatic hydroxyl groups is 1. The van der Waals surface area contributed by atoms with Crippen LogP contribution in [-0.4, -0.2) is 11.7 Å². The van der Waals surface area contributed by atoms with Crippen LogP contribution in [0.25, 0.3) is 0 Å². The lowest BCUT2D eigenvalue weighted by Crippen LogP contribution is -2.18. The van der Waals surface area contributed by atoms with Gasteiger partial charge in [0.1, 0.15) is 5.75 Å². The number of benzene rings is 1. The van der Waals surface area contributed by atoms with Gasteiger partial charge in [0, 0.05) is 12.1 Å². The Morgan fingerprint density at radius 3 is 2.60 bits per heavy atom. The van der Waals surface area contributed by atoms with Crippen molar-refractivity contribution in [3.05, 3.63) is 23.3 Å². The van der Waals surface area contributed by atoms with Crippen molar-refractivity contribution in [2.24, 2.45) is 0 Å². The van der Waals surface area contributed by atoms with E-state index >= 15 is 0 Å². The maximum Gasteiger partial charge on any atom is 0.151 e. The summed E-state index contributed by atoms with van der Waals surface area (Å²) in [6, 6.07) is 3.62. The first-order valence-corrected chi connectivity index (χ1v) is 5.29. The van der Waals surface area contributed by atoms with Crippen LogP contribution in [0.5, 0.6) is 11.5 Å². The van der Waals surface area contributed by atoms with Crippen molar-refractivity contribution >= 4 is 0 Å². The molecule has 0 saturated heterocycles. The summed E-state index contributed by atoms with van der Waals surface area (Å²) >= 11 is 0. The summed E-state index contributed by atoms with van der Waals surface area (Å²) in [7, 11) is 0. The number of phenols is 1. The maximum atomic E-state index is 9.62. The molecule has 0 saturated carbocycles. The fraction of sp³-hybridized carbons (Fsp3) is 0.500. The molecule has 3 heteroatoms. The van der Waals surface area contributed by atoms with Crippen molar-refractivity contribution in [1.82, 2.24) is 5.48 Å². The summed E-state index contributed by atoms with van der Waals surface area (Å²) in [5.74, 6) is 1.44. The Kier molecular flexibility index (Phi) is 3.97. The van der Waals surface area contributed by atoms with E-state index in [-0.39, 0.29) is 0 Å². The molecule has 3 nitrogen and oxygen atoms in total. The summed E-state index contributed by atoms with van der Waals surface area (Å²) in [6.45, 7) is 8.73. The molecule has 15 heavy (non-hydrogen) atoms. The molecule has 0 unspecified atom stereocenters. The zero-order chi connectivity index (χ0) is 11.4. The van der Waals surface area contributed by atoms with Gasteiger partial charge in [-0.1, -0.05) is 13.8 Å². The Morgan fingerprint density at radius 2 is 2.07 bits per heavy atom. The first-order valence-electron chi connectivity index (χ1n) is 5.29. The van der Waals surface area contributed by atoms with Crippen LogP contribution in [-0.2, 0) is 0 Å². The second-order valence-corrected chi connectivity index (χ2v) is 3.93. The Balaban J connectivity index is 3.04. The highest BCUT2D eigenvalue weighted by Crippen LogP contribution is 2.32. The molecule has 0 spiro atoms. The van der Waals surface area contributed by atoms with Gasteiger partial charge in [0.25, 0.3) is 0 Å². The molecule has 0 atom stereocenters. The topological polar surface area (TPSA) is 41.5 Å². The smallest absolute Gasteiger partial charge is 0.151 e. The zero-order valence-corrected chi connectivity index (χ0v) is 9.79. The summed E-state index contributed by atoms with van der Waals surface area (Å²) in [5, 5.41) is 9.62. The van der Waals surface area contributed by atoms with E-state index in [0.29, 0.717) is 11.7 Å². The van der Waals surface area contributed by atoms with E-state index < -0.39 is 0 Å². The van der Waals surface area contributed by atoms with Crippen LogP contribution in [0, 0.1) is 6.92 Å². The summed E-state index contributed by atoms with van der Waals surface area (Å²) in [4.78, 5) is 5.42. The van der Waals surface area contributed by atoms with Crippen LogP contribution in [0.1, 0.15) is 37.8 Å². The molecule has 0 heterocycles. The van der Waals surface area contributed by atoms with Gasteiger partial charge in [-0.05, 0) is 37.5 Å². The molecule has 0 radical (unpaired) electrons. The van der Waals surface area contributed by atoms with Gasteiger partial charge in [-0.25, -0.2) is 0 Å². The highest BCUT2D eigenvalue weighted by molar-refractivity contribution is 5.46. The summed E-state index contributed by atoms with van der Waals surface area (Å²) in [6.07, 6.45) is 0. The molecule has 0 amide bonds. The molecule has 0 fully saturated rings. The molecule has 2 N–H and O–H groups in total. The number of aryl methyl sites for hydroxylation is 1. The second kappa shape index (κ2) is 5.03. The van der Waals surface area contributed by atoms with Crippen LogP contribution in [0.3, 0.4) is 0 Å². The van der Waals surface area contributed by atoms with Gasteiger partial charge < -0.3 is 9.94 Å². The van der Waals surface area contributed by atoms with E-state index in [1.807, 2.05) is 19.9 Å². The third kappa shape index (κ3) is 2.86. The van der Waals surface area contributed by atoms with Crippen molar-refractivity contribution in [3.8, 4) is 11.5 Å². The van der Waals surface area contributed by atoms with Crippen LogP contribution >= 0.6 is 0 Å². The average molecular weight is 209 g/mol. The molecule has 1 aromatic carbocycles. The fourth-order valence-corrected chi connectivity index (χ4v) is 1.38. The quantitative estimate of drug-likeness (QED) is 0.749. The normalized spacial score (nSPS) is 10.7. The van der Waals surface area contributed by atoms with E-state index in [2.05, 4.69) is 19.3 Å². The predicted molar refractivity (Wildman–Crippen MR) is 61.2 cm³/mol. The van der Waals surface area contributed by atoms with Gasteiger partial charge in [-0.15, -0.1) is 0 Å². The van der Waals surface area contributed by atoms with Crippen LogP contribution in [0.2, 0.25) is 0 Å². The minimum absolute atomic E-state index is 0.322. The summed E-state index contributed by atoms with van der Waals surface area (Å²) in [5.41, 5.74) is 4.66. The van der Waals surface area contributed by atoms with Gasteiger partial charge in [0.05, 0.1) is 0 Å². The largest absolute Gasteiger partial charge is 0.508 e. The van der Waals surface area contributed by atoms with Gasteiger partial charge >= 0.3 is 0 Å². The molecule has 0 aliphatic rings. The first kappa shape index (κ1) is 11.9. The van der Waals surface area contributed by atoms with E-state index in [1.165, 1.54) is 0 Å².